The fraction of sp³-hybridized carbons (Fsp3) is 0.500. The fourth-order valence-corrected chi connectivity index (χ4v) is 2.96. The van der Waals surface area contributed by atoms with E-state index in [1.165, 1.54) is 0 Å². The summed E-state index contributed by atoms with van der Waals surface area (Å²) in [6, 6.07) is 0. The van der Waals surface area contributed by atoms with Crippen LogP contribution in [0.25, 0.3) is 4.96 Å². The molecule has 96 valence electrons. The molecular formula is C12H15N3O2S. The maximum absolute atomic E-state index is 12.1. The molecule has 0 aliphatic carbocycles. The SMILES string of the molecule is O=C(Cc1cn2ccsc2n1)N1CCC(O)CC1. The monoisotopic (exact) mass is 265 g/mol. The topological polar surface area (TPSA) is 57.8 Å². The lowest BCUT2D eigenvalue weighted by Crippen LogP contribution is -2.40. The number of fused-ring (bicyclic) bond motifs is 1. The van der Waals surface area contributed by atoms with Crippen LogP contribution in [0.1, 0.15) is 18.5 Å². The highest BCUT2D eigenvalue weighted by Gasteiger charge is 2.21. The van der Waals surface area contributed by atoms with Crippen molar-refractivity contribution in [3.05, 3.63) is 23.5 Å². The first-order valence-corrected chi connectivity index (χ1v) is 6.97. The summed E-state index contributed by atoms with van der Waals surface area (Å²) in [4.78, 5) is 19.2. The van der Waals surface area contributed by atoms with E-state index in [1.54, 1.807) is 11.3 Å². The zero-order valence-corrected chi connectivity index (χ0v) is 10.8. The quantitative estimate of drug-likeness (QED) is 0.878. The number of rotatable bonds is 2. The zero-order chi connectivity index (χ0) is 12.5. The van der Waals surface area contributed by atoms with Crippen LogP contribution in [0.5, 0.6) is 0 Å². The first-order valence-electron chi connectivity index (χ1n) is 6.09. The molecule has 0 spiro atoms. The number of hydrogen-bond acceptors (Lipinski definition) is 4. The molecule has 1 amide bonds. The van der Waals surface area contributed by atoms with Gasteiger partial charge in [-0.25, -0.2) is 4.98 Å². The number of aromatic nitrogens is 2. The molecule has 5 nitrogen and oxygen atoms in total. The van der Waals surface area contributed by atoms with Gasteiger partial charge in [-0.3, -0.25) is 9.20 Å². The third-order valence-corrected chi connectivity index (χ3v) is 4.06. The van der Waals surface area contributed by atoms with E-state index < -0.39 is 0 Å². The van der Waals surface area contributed by atoms with Gasteiger partial charge in [-0.15, -0.1) is 11.3 Å². The second-order valence-electron chi connectivity index (χ2n) is 4.61. The van der Waals surface area contributed by atoms with E-state index in [-0.39, 0.29) is 12.0 Å². The van der Waals surface area contributed by atoms with Crippen LogP contribution in [0.15, 0.2) is 17.8 Å². The maximum atomic E-state index is 12.1. The number of nitrogens with zero attached hydrogens (tertiary/aromatic N) is 3. The number of amides is 1. The molecular weight excluding hydrogens is 250 g/mol. The van der Waals surface area contributed by atoms with E-state index in [4.69, 9.17) is 0 Å². The smallest absolute Gasteiger partial charge is 0.228 e. The van der Waals surface area contributed by atoms with Gasteiger partial charge in [0.05, 0.1) is 18.2 Å². The van der Waals surface area contributed by atoms with E-state index in [1.807, 2.05) is 27.1 Å². The molecule has 0 bridgehead atoms. The summed E-state index contributed by atoms with van der Waals surface area (Å²) < 4.78 is 1.94. The number of carbonyl (C=O) groups is 1. The molecule has 1 N–H and O–H groups in total. The minimum Gasteiger partial charge on any atom is -0.393 e. The van der Waals surface area contributed by atoms with Crippen LogP contribution in [-0.2, 0) is 11.2 Å². The van der Waals surface area contributed by atoms with E-state index in [2.05, 4.69) is 4.98 Å². The molecule has 1 fully saturated rings. The maximum Gasteiger partial charge on any atom is 0.228 e. The normalized spacial score (nSPS) is 17.5. The number of likely N-dealkylation sites (tertiary alicyclic amines) is 1. The highest BCUT2D eigenvalue weighted by atomic mass is 32.1. The summed E-state index contributed by atoms with van der Waals surface area (Å²) in [6.07, 6.45) is 5.33. The van der Waals surface area contributed by atoms with Crippen LogP contribution in [0.3, 0.4) is 0 Å². The molecule has 3 heterocycles. The second kappa shape index (κ2) is 4.70. The van der Waals surface area contributed by atoms with Crippen LogP contribution in [0, 0.1) is 0 Å². The molecule has 2 aromatic rings. The minimum absolute atomic E-state index is 0.104. The Morgan fingerprint density at radius 2 is 2.28 bits per heavy atom. The Hall–Kier alpha value is -1.40. The Labute approximate surface area is 109 Å². The second-order valence-corrected chi connectivity index (χ2v) is 5.49. The Bertz CT molecular complexity index is 526. The molecule has 0 atom stereocenters. The zero-order valence-electron chi connectivity index (χ0n) is 9.95. The average molecular weight is 265 g/mol. The van der Waals surface area contributed by atoms with Gasteiger partial charge in [0.15, 0.2) is 4.96 Å². The summed E-state index contributed by atoms with van der Waals surface area (Å²) >= 11 is 1.56. The molecule has 0 unspecified atom stereocenters. The highest BCUT2D eigenvalue weighted by Crippen LogP contribution is 2.14. The molecule has 1 aliphatic rings. The largest absolute Gasteiger partial charge is 0.393 e. The molecule has 6 heteroatoms. The van der Waals surface area contributed by atoms with Gasteiger partial charge in [-0.05, 0) is 12.8 Å². The van der Waals surface area contributed by atoms with E-state index >= 15 is 0 Å². The van der Waals surface area contributed by atoms with Crippen molar-refractivity contribution in [2.75, 3.05) is 13.1 Å². The lowest BCUT2D eigenvalue weighted by atomic mass is 10.1. The van der Waals surface area contributed by atoms with Gasteiger partial charge in [0.2, 0.25) is 5.91 Å². The van der Waals surface area contributed by atoms with Gasteiger partial charge < -0.3 is 10.0 Å². The summed E-state index contributed by atoms with van der Waals surface area (Å²) in [5, 5.41) is 11.4. The van der Waals surface area contributed by atoms with Gasteiger partial charge in [0, 0.05) is 30.9 Å². The molecule has 2 aromatic heterocycles. The Kier molecular flexibility index (Phi) is 3.05. The highest BCUT2D eigenvalue weighted by molar-refractivity contribution is 7.15. The number of piperidine rings is 1. The van der Waals surface area contributed by atoms with Gasteiger partial charge in [-0.2, -0.15) is 0 Å². The first kappa shape index (κ1) is 11.7. The Balaban J connectivity index is 1.65. The first-order chi connectivity index (χ1) is 8.72. The van der Waals surface area contributed by atoms with Gasteiger partial charge in [-0.1, -0.05) is 0 Å². The van der Waals surface area contributed by atoms with Crippen LogP contribution in [0.4, 0.5) is 0 Å². The molecule has 1 saturated heterocycles. The molecule has 1 aliphatic heterocycles. The summed E-state index contributed by atoms with van der Waals surface area (Å²) in [7, 11) is 0. The number of aliphatic hydroxyl groups is 1. The third-order valence-electron chi connectivity index (χ3n) is 3.29. The van der Waals surface area contributed by atoms with Gasteiger partial charge in [0.1, 0.15) is 0 Å². The minimum atomic E-state index is -0.244. The lowest BCUT2D eigenvalue weighted by molar-refractivity contribution is -0.132. The number of imidazole rings is 1. The van der Waals surface area contributed by atoms with Crippen molar-refractivity contribution in [2.24, 2.45) is 0 Å². The summed E-state index contributed by atoms with van der Waals surface area (Å²) in [5.41, 5.74) is 0.818. The summed E-state index contributed by atoms with van der Waals surface area (Å²) in [6.45, 7) is 1.31. The standard InChI is InChI=1S/C12H15N3O2S/c16-10-1-3-14(4-2-10)11(17)7-9-8-15-5-6-18-12(15)13-9/h5-6,8,10,16H,1-4,7H2. The van der Waals surface area contributed by atoms with Gasteiger partial charge >= 0.3 is 0 Å². The molecule has 0 saturated carbocycles. The number of hydrogen-bond donors (Lipinski definition) is 1. The van der Waals surface area contributed by atoms with E-state index in [9.17, 15) is 9.90 Å². The van der Waals surface area contributed by atoms with E-state index in [0.29, 0.717) is 32.4 Å². The lowest BCUT2D eigenvalue weighted by Gasteiger charge is -2.29. The van der Waals surface area contributed by atoms with Crippen LogP contribution >= 0.6 is 11.3 Å². The number of aliphatic hydroxyl groups excluding tert-OH is 1. The van der Waals surface area contributed by atoms with Crippen molar-refractivity contribution in [3.8, 4) is 0 Å². The predicted molar refractivity (Wildman–Crippen MR) is 68.6 cm³/mol. The van der Waals surface area contributed by atoms with Crippen molar-refractivity contribution in [3.63, 3.8) is 0 Å². The van der Waals surface area contributed by atoms with Crippen molar-refractivity contribution in [1.29, 1.82) is 0 Å². The van der Waals surface area contributed by atoms with Crippen molar-refractivity contribution in [1.82, 2.24) is 14.3 Å². The van der Waals surface area contributed by atoms with Crippen LogP contribution in [-0.4, -0.2) is 44.5 Å². The van der Waals surface area contributed by atoms with Gasteiger partial charge in [0.25, 0.3) is 0 Å². The van der Waals surface area contributed by atoms with Crippen LogP contribution in [0.2, 0.25) is 0 Å². The Morgan fingerprint density at radius 3 is 3.00 bits per heavy atom. The number of thiazole rings is 1. The average Bonchev–Trinajstić information content (AvgIpc) is 2.90. The molecule has 3 rings (SSSR count). The Morgan fingerprint density at radius 1 is 1.50 bits per heavy atom. The third kappa shape index (κ3) is 2.26. The molecule has 0 aromatic carbocycles. The molecule has 18 heavy (non-hydrogen) atoms. The summed E-state index contributed by atoms with van der Waals surface area (Å²) in [5.74, 6) is 0.104. The fourth-order valence-electron chi connectivity index (χ4n) is 2.24. The van der Waals surface area contributed by atoms with Crippen molar-refractivity contribution < 1.29 is 9.90 Å². The van der Waals surface area contributed by atoms with Crippen molar-refractivity contribution in [2.45, 2.75) is 25.4 Å². The van der Waals surface area contributed by atoms with Crippen molar-refractivity contribution >= 4 is 22.2 Å². The molecule has 0 radical (unpaired) electrons. The van der Waals surface area contributed by atoms with E-state index in [0.717, 1.165) is 10.7 Å². The van der Waals surface area contributed by atoms with Crippen LogP contribution < -0.4 is 0 Å². The predicted octanol–water partition coefficient (Wildman–Crippen LogP) is 0.922. The number of carbonyl (C=O) groups excluding carboxylic acids is 1.